The first kappa shape index (κ1) is 8.68. The zero-order valence-electron chi connectivity index (χ0n) is 6.87. The van der Waals surface area contributed by atoms with Gasteiger partial charge in [-0.1, -0.05) is 0 Å². The highest BCUT2D eigenvalue weighted by molar-refractivity contribution is 7.09. The molecule has 1 unspecified atom stereocenters. The smallest absolute Gasteiger partial charge is 0.0897 e. The average molecular weight is 171 g/mol. The molecule has 0 bridgehead atoms. The van der Waals surface area contributed by atoms with Crippen molar-refractivity contribution in [3.05, 3.63) is 16.1 Å². The molecule has 2 nitrogen and oxygen atoms in total. The van der Waals surface area contributed by atoms with E-state index in [0.717, 1.165) is 23.5 Å². The average Bonchev–Trinajstić information content (AvgIpc) is 2.31. The third-order valence-electron chi connectivity index (χ3n) is 1.48. The lowest BCUT2D eigenvalue weighted by Gasteiger charge is -1.99. The number of aliphatic hydroxyl groups is 1. The Balaban J connectivity index is 2.39. The van der Waals surface area contributed by atoms with Crippen molar-refractivity contribution in [2.75, 3.05) is 0 Å². The highest BCUT2D eigenvalue weighted by atomic mass is 32.1. The maximum absolute atomic E-state index is 9.00. The van der Waals surface area contributed by atoms with E-state index in [-0.39, 0.29) is 6.10 Å². The van der Waals surface area contributed by atoms with E-state index in [1.807, 2.05) is 6.92 Å². The van der Waals surface area contributed by atoms with Crippen molar-refractivity contribution in [3.8, 4) is 0 Å². The van der Waals surface area contributed by atoms with Gasteiger partial charge in [0.2, 0.25) is 0 Å². The second kappa shape index (κ2) is 3.83. The Morgan fingerprint density at radius 3 is 2.91 bits per heavy atom. The Kier molecular flexibility index (Phi) is 3.02. The number of rotatable bonds is 3. The molecular weight excluding hydrogens is 158 g/mol. The number of aromatic nitrogens is 1. The van der Waals surface area contributed by atoms with Crippen LogP contribution in [0.4, 0.5) is 0 Å². The molecule has 0 amide bonds. The summed E-state index contributed by atoms with van der Waals surface area (Å²) in [5.41, 5.74) is 1.11. The van der Waals surface area contributed by atoms with Gasteiger partial charge in [-0.2, -0.15) is 0 Å². The van der Waals surface area contributed by atoms with Gasteiger partial charge in [0.25, 0.3) is 0 Å². The van der Waals surface area contributed by atoms with Gasteiger partial charge in [0, 0.05) is 5.38 Å². The van der Waals surface area contributed by atoms with E-state index < -0.39 is 0 Å². The van der Waals surface area contributed by atoms with E-state index in [2.05, 4.69) is 10.4 Å². The summed E-state index contributed by atoms with van der Waals surface area (Å²) in [6, 6.07) is 0. The quantitative estimate of drug-likeness (QED) is 0.751. The summed E-state index contributed by atoms with van der Waals surface area (Å²) in [6.07, 6.45) is 1.49. The summed E-state index contributed by atoms with van der Waals surface area (Å²) in [7, 11) is 0. The second-order valence-electron chi connectivity index (χ2n) is 2.75. The fraction of sp³-hybridized carbons (Fsp3) is 0.625. The molecule has 1 aromatic rings. The van der Waals surface area contributed by atoms with Crippen LogP contribution in [-0.2, 0) is 6.42 Å². The molecule has 1 heterocycles. The molecule has 3 heteroatoms. The topological polar surface area (TPSA) is 33.1 Å². The number of thiazole rings is 1. The molecule has 0 aromatic carbocycles. The minimum Gasteiger partial charge on any atom is -0.393 e. The third kappa shape index (κ3) is 2.99. The molecule has 0 saturated carbocycles. The van der Waals surface area contributed by atoms with Crippen LogP contribution in [0.2, 0.25) is 0 Å². The molecule has 1 aromatic heterocycles. The van der Waals surface area contributed by atoms with Crippen LogP contribution in [-0.4, -0.2) is 16.2 Å². The van der Waals surface area contributed by atoms with Gasteiger partial charge < -0.3 is 5.11 Å². The molecule has 62 valence electrons. The molecule has 1 rings (SSSR count). The summed E-state index contributed by atoms with van der Waals surface area (Å²) in [4.78, 5) is 4.29. The van der Waals surface area contributed by atoms with Crippen molar-refractivity contribution in [1.29, 1.82) is 0 Å². The van der Waals surface area contributed by atoms with Crippen LogP contribution in [0.3, 0.4) is 0 Å². The lowest BCUT2D eigenvalue weighted by Crippen LogP contribution is -2.01. The van der Waals surface area contributed by atoms with Crippen molar-refractivity contribution < 1.29 is 5.11 Å². The number of nitrogens with zero attached hydrogens (tertiary/aromatic N) is 1. The van der Waals surface area contributed by atoms with Crippen molar-refractivity contribution in [3.63, 3.8) is 0 Å². The normalized spacial score (nSPS) is 13.4. The lowest BCUT2D eigenvalue weighted by atomic mass is 10.2. The molecule has 11 heavy (non-hydrogen) atoms. The summed E-state index contributed by atoms with van der Waals surface area (Å²) in [5, 5.41) is 12.2. The van der Waals surface area contributed by atoms with Crippen LogP contribution in [0.1, 0.15) is 24.0 Å². The van der Waals surface area contributed by atoms with Crippen LogP contribution < -0.4 is 0 Å². The Bertz CT molecular complexity index is 220. The third-order valence-corrected chi connectivity index (χ3v) is 2.31. The van der Waals surface area contributed by atoms with E-state index in [1.54, 1.807) is 18.3 Å². The predicted octanol–water partition coefficient (Wildman–Crippen LogP) is 1.76. The maximum atomic E-state index is 9.00. The second-order valence-corrected chi connectivity index (χ2v) is 3.81. The molecule has 0 aliphatic heterocycles. The summed E-state index contributed by atoms with van der Waals surface area (Å²) in [5.74, 6) is 0. The number of hydrogen-bond donors (Lipinski definition) is 1. The highest BCUT2D eigenvalue weighted by Crippen LogP contribution is 2.10. The van der Waals surface area contributed by atoms with Gasteiger partial charge in [0.1, 0.15) is 0 Å². The molecular formula is C8H13NOS. The van der Waals surface area contributed by atoms with Crippen LogP contribution in [0.5, 0.6) is 0 Å². The fourth-order valence-corrected chi connectivity index (χ4v) is 1.53. The van der Waals surface area contributed by atoms with Crippen molar-refractivity contribution in [2.45, 2.75) is 32.8 Å². The molecule has 1 atom stereocenters. The van der Waals surface area contributed by atoms with E-state index >= 15 is 0 Å². The molecule has 0 aliphatic rings. The minimum absolute atomic E-state index is 0.211. The Labute approximate surface area is 70.9 Å². The Hall–Kier alpha value is -0.410. The maximum Gasteiger partial charge on any atom is 0.0897 e. The summed E-state index contributed by atoms with van der Waals surface area (Å²) < 4.78 is 0. The zero-order chi connectivity index (χ0) is 8.27. The Morgan fingerprint density at radius 1 is 1.73 bits per heavy atom. The van der Waals surface area contributed by atoms with Gasteiger partial charge in [0.05, 0.1) is 16.8 Å². The summed E-state index contributed by atoms with van der Waals surface area (Å²) in [6.45, 7) is 3.80. The van der Waals surface area contributed by atoms with Crippen LogP contribution >= 0.6 is 11.3 Å². The highest BCUT2D eigenvalue weighted by Gasteiger charge is 2.00. The van der Waals surface area contributed by atoms with E-state index in [4.69, 9.17) is 5.11 Å². The van der Waals surface area contributed by atoms with Crippen LogP contribution in [0.25, 0.3) is 0 Å². The monoisotopic (exact) mass is 171 g/mol. The molecule has 0 spiro atoms. The van der Waals surface area contributed by atoms with E-state index in [9.17, 15) is 0 Å². The van der Waals surface area contributed by atoms with E-state index in [1.165, 1.54) is 0 Å². The molecule has 0 saturated heterocycles. The SMILES string of the molecule is Cc1nc(CCC(C)O)cs1. The van der Waals surface area contributed by atoms with E-state index in [0.29, 0.717) is 0 Å². The van der Waals surface area contributed by atoms with Gasteiger partial charge >= 0.3 is 0 Å². The fourth-order valence-electron chi connectivity index (χ4n) is 0.880. The standard InChI is InChI=1S/C8H13NOS/c1-6(10)3-4-8-5-11-7(2)9-8/h5-6,10H,3-4H2,1-2H3. The van der Waals surface area contributed by atoms with Gasteiger partial charge in [-0.15, -0.1) is 11.3 Å². The van der Waals surface area contributed by atoms with Crippen molar-refractivity contribution in [1.82, 2.24) is 4.98 Å². The molecule has 1 N–H and O–H groups in total. The van der Waals surface area contributed by atoms with Gasteiger partial charge in [-0.25, -0.2) is 4.98 Å². The summed E-state index contributed by atoms with van der Waals surface area (Å²) >= 11 is 1.66. The van der Waals surface area contributed by atoms with Gasteiger partial charge in [-0.05, 0) is 26.7 Å². The number of hydrogen-bond acceptors (Lipinski definition) is 3. The predicted molar refractivity (Wildman–Crippen MR) is 46.9 cm³/mol. The molecule has 0 aliphatic carbocycles. The van der Waals surface area contributed by atoms with Crippen LogP contribution in [0, 0.1) is 6.92 Å². The minimum atomic E-state index is -0.211. The Morgan fingerprint density at radius 2 is 2.45 bits per heavy atom. The number of aryl methyl sites for hydroxylation is 2. The van der Waals surface area contributed by atoms with Gasteiger partial charge in [-0.3, -0.25) is 0 Å². The molecule has 0 radical (unpaired) electrons. The first-order valence-corrected chi connectivity index (χ1v) is 4.65. The lowest BCUT2D eigenvalue weighted by molar-refractivity contribution is 0.184. The van der Waals surface area contributed by atoms with Crippen molar-refractivity contribution in [2.24, 2.45) is 0 Å². The first-order chi connectivity index (χ1) is 5.18. The zero-order valence-corrected chi connectivity index (χ0v) is 7.69. The first-order valence-electron chi connectivity index (χ1n) is 3.77. The van der Waals surface area contributed by atoms with Crippen molar-refractivity contribution >= 4 is 11.3 Å². The molecule has 0 fully saturated rings. The largest absolute Gasteiger partial charge is 0.393 e. The number of aliphatic hydroxyl groups excluding tert-OH is 1. The van der Waals surface area contributed by atoms with Gasteiger partial charge in [0.15, 0.2) is 0 Å². The van der Waals surface area contributed by atoms with Crippen LogP contribution in [0.15, 0.2) is 5.38 Å².